The van der Waals surface area contributed by atoms with Crippen LogP contribution in [0.4, 0.5) is 0 Å². The number of unbranched alkanes of at least 4 members (excludes halogenated alkanes) is 1. The fourth-order valence-corrected chi connectivity index (χ4v) is 4.12. The molecule has 1 N–H and O–H groups in total. The fourth-order valence-electron chi connectivity index (χ4n) is 4.12. The maximum atomic E-state index is 12.6. The molecule has 1 heterocycles. The van der Waals surface area contributed by atoms with E-state index in [-0.39, 0.29) is 17.2 Å². The third-order valence-corrected chi connectivity index (χ3v) is 6.54. The number of carbonyl (C=O) groups excluding carboxylic acids is 1. The minimum Gasteiger partial charge on any atom is -0.493 e. The molecule has 2 fully saturated rings. The van der Waals surface area contributed by atoms with Crippen LogP contribution < -0.4 is 9.47 Å². The van der Waals surface area contributed by atoms with Crippen molar-refractivity contribution < 1.29 is 19.4 Å². The maximum Gasteiger partial charge on any atom is 0.222 e. The number of benzene rings is 1. The van der Waals surface area contributed by atoms with Crippen LogP contribution in [0.5, 0.6) is 11.5 Å². The lowest BCUT2D eigenvalue weighted by atomic mass is 9.72. The first-order valence-electron chi connectivity index (χ1n) is 10.7. The molecule has 5 nitrogen and oxygen atoms in total. The van der Waals surface area contributed by atoms with Crippen LogP contribution >= 0.6 is 0 Å². The summed E-state index contributed by atoms with van der Waals surface area (Å²) in [6.07, 6.45) is 4.46. The Labute approximate surface area is 169 Å². The first-order valence-corrected chi connectivity index (χ1v) is 10.7. The van der Waals surface area contributed by atoms with Crippen molar-refractivity contribution in [1.29, 1.82) is 0 Å². The highest BCUT2D eigenvalue weighted by Crippen LogP contribution is 2.47. The monoisotopic (exact) mass is 389 g/mol. The summed E-state index contributed by atoms with van der Waals surface area (Å²) >= 11 is 0. The van der Waals surface area contributed by atoms with Gasteiger partial charge in [0.05, 0.1) is 19.8 Å². The van der Waals surface area contributed by atoms with Gasteiger partial charge < -0.3 is 19.5 Å². The van der Waals surface area contributed by atoms with E-state index < -0.39 is 6.10 Å². The third-order valence-electron chi connectivity index (χ3n) is 6.54. The van der Waals surface area contributed by atoms with Crippen LogP contribution in [-0.2, 0) is 4.79 Å². The highest BCUT2D eigenvalue weighted by atomic mass is 16.5. The summed E-state index contributed by atoms with van der Waals surface area (Å²) in [5.41, 5.74) is 0.713. The number of rotatable bonds is 9. The Hall–Kier alpha value is -1.75. The third kappa shape index (κ3) is 4.45. The Bertz CT molecular complexity index is 685. The lowest BCUT2D eigenvalue weighted by Crippen LogP contribution is -2.38. The molecule has 0 aromatic heterocycles. The summed E-state index contributed by atoms with van der Waals surface area (Å²) in [7, 11) is 1.66. The molecule has 1 aromatic rings. The van der Waals surface area contributed by atoms with Crippen LogP contribution in [0.1, 0.15) is 64.4 Å². The number of aliphatic hydroxyl groups is 1. The zero-order chi connectivity index (χ0) is 20.3. The molecule has 2 aliphatic rings. The van der Waals surface area contributed by atoms with E-state index in [1.54, 1.807) is 7.11 Å². The summed E-state index contributed by atoms with van der Waals surface area (Å²) in [6.45, 7) is 7.96. The van der Waals surface area contributed by atoms with Gasteiger partial charge in [-0.15, -0.1) is 0 Å². The van der Waals surface area contributed by atoms with Gasteiger partial charge in [-0.05, 0) is 49.8 Å². The normalized spacial score (nSPS) is 25.6. The van der Waals surface area contributed by atoms with Crippen molar-refractivity contribution in [3.8, 4) is 11.5 Å². The van der Waals surface area contributed by atoms with Crippen LogP contribution in [-0.4, -0.2) is 48.8 Å². The second-order valence-corrected chi connectivity index (χ2v) is 8.78. The van der Waals surface area contributed by atoms with Crippen molar-refractivity contribution in [2.75, 3.05) is 26.8 Å². The Balaban J connectivity index is 1.84. The molecular weight excluding hydrogens is 354 g/mol. The molecule has 1 saturated carbocycles. The number of hydrogen-bond donors (Lipinski definition) is 1. The van der Waals surface area contributed by atoms with Crippen LogP contribution in [0.15, 0.2) is 18.2 Å². The van der Waals surface area contributed by atoms with E-state index in [4.69, 9.17) is 9.47 Å². The average Bonchev–Trinajstić information content (AvgIpc) is 3.44. The molecule has 1 saturated heterocycles. The Morgan fingerprint density at radius 3 is 2.71 bits per heavy atom. The van der Waals surface area contributed by atoms with Crippen molar-refractivity contribution in [3.63, 3.8) is 0 Å². The van der Waals surface area contributed by atoms with Gasteiger partial charge in [0.25, 0.3) is 0 Å². The van der Waals surface area contributed by atoms with Crippen molar-refractivity contribution in [2.24, 2.45) is 11.3 Å². The Kier molecular flexibility index (Phi) is 6.54. The van der Waals surface area contributed by atoms with Crippen molar-refractivity contribution in [2.45, 2.75) is 64.9 Å². The number of amides is 1. The zero-order valence-corrected chi connectivity index (χ0v) is 17.7. The van der Waals surface area contributed by atoms with Crippen molar-refractivity contribution in [3.05, 3.63) is 23.8 Å². The molecule has 1 amide bonds. The number of aliphatic hydroxyl groups excluding tert-OH is 1. The number of ether oxygens (including phenoxy) is 2. The number of methoxy groups -OCH3 is 1. The lowest BCUT2D eigenvalue weighted by Gasteiger charge is -2.33. The summed E-state index contributed by atoms with van der Waals surface area (Å²) in [5, 5.41) is 10.6. The molecule has 28 heavy (non-hydrogen) atoms. The highest BCUT2D eigenvalue weighted by molar-refractivity contribution is 5.76. The smallest absolute Gasteiger partial charge is 0.222 e. The van der Waals surface area contributed by atoms with E-state index >= 15 is 0 Å². The predicted molar refractivity (Wildman–Crippen MR) is 110 cm³/mol. The van der Waals surface area contributed by atoms with Gasteiger partial charge in [0.1, 0.15) is 0 Å². The van der Waals surface area contributed by atoms with Gasteiger partial charge in [0.2, 0.25) is 5.91 Å². The average molecular weight is 390 g/mol. The number of nitrogens with zero attached hydrogens (tertiary/aromatic N) is 1. The predicted octanol–water partition coefficient (Wildman–Crippen LogP) is 3.99. The molecular formula is C23H35NO4. The largest absolute Gasteiger partial charge is 0.493 e. The molecule has 3 rings (SSSR count). The van der Waals surface area contributed by atoms with E-state index in [0.29, 0.717) is 25.4 Å². The first kappa shape index (κ1) is 21.0. The van der Waals surface area contributed by atoms with Gasteiger partial charge in [0.15, 0.2) is 11.5 Å². The van der Waals surface area contributed by atoms with Gasteiger partial charge in [-0.2, -0.15) is 0 Å². The van der Waals surface area contributed by atoms with Gasteiger partial charge in [-0.1, -0.05) is 26.3 Å². The molecule has 5 heteroatoms. The van der Waals surface area contributed by atoms with Crippen LogP contribution in [0.3, 0.4) is 0 Å². The number of likely N-dealkylation sites (tertiary alicyclic amines) is 1. The van der Waals surface area contributed by atoms with Crippen LogP contribution in [0.25, 0.3) is 0 Å². The minimum atomic E-state index is -0.514. The second-order valence-electron chi connectivity index (χ2n) is 8.78. The molecule has 156 valence electrons. The first-order chi connectivity index (χ1) is 13.4. The fraction of sp³-hybridized carbons (Fsp3) is 0.696. The summed E-state index contributed by atoms with van der Waals surface area (Å²) < 4.78 is 11.5. The standard InChI is InChI=1S/C23H35NO4/c1-5-6-7-22(26)24-13-19(23(3,15-24)16(2)25)18-10-11-20(27-4)21(12-18)28-14-17-8-9-17/h10-12,16-17,19,25H,5-9,13-15H2,1-4H3. The van der Waals surface area contributed by atoms with E-state index in [2.05, 4.69) is 13.8 Å². The molecule has 3 unspecified atom stereocenters. The van der Waals surface area contributed by atoms with Gasteiger partial charge in [-0.25, -0.2) is 0 Å². The SMILES string of the molecule is CCCCC(=O)N1CC(c2ccc(OC)c(OCC3CC3)c2)C(C)(C(C)O)C1. The summed E-state index contributed by atoms with van der Waals surface area (Å²) in [5.74, 6) is 2.41. The molecule has 0 spiro atoms. The maximum absolute atomic E-state index is 12.6. The minimum absolute atomic E-state index is 0.0623. The zero-order valence-electron chi connectivity index (χ0n) is 17.7. The molecule has 0 bridgehead atoms. The van der Waals surface area contributed by atoms with Crippen LogP contribution in [0, 0.1) is 11.3 Å². The van der Waals surface area contributed by atoms with E-state index in [1.807, 2.05) is 30.0 Å². The lowest BCUT2D eigenvalue weighted by molar-refractivity contribution is -0.130. The summed E-state index contributed by atoms with van der Waals surface area (Å²) in [6, 6.07) is 6.04. The second kappa shape index (κ2) is 8.73. The van der Waals surface area contributed by atoms with E-state index in [1.165, 1.54) is 12.8 Å². The van der Waals surface area contributed by atoms with Gasteiger partial charge in [0, 0.05) is 30.8 Å². The van der Waals surface area contributed by atoms with Gasteiger partial charge >= 0.3 is 0 Å². The van der Waals surface area contributed by atoms with Crippen molar-refractivity contribution >= 4 is 5.91 Å². The molecule has 1 aliphatic carbocycles. The van der Waals surface area contributed by atoms with Gasteiger partial charge in [-0.3, -0.25) is 4.79 Å². The van der Waals surface area contributed by atoms with Crippen molar-refractivity contribution in [1.82, 2.24) is 4.90 Å². The number of hydrogen-bond acceptors (Lipinski definition) is 4. The number of carbonyl (C=O) groups is 1. The molecule has 0 radical (unpaired) electrons. The Morgan fingerprint density at radius 1 is 1.36 bits per heavy atom. The quantitative estimate of drug-likeness (QED) is 0.694. The molecule has 3 atom stereocenters. The Morgan fingerprint density at radius 2 is 2.11 bits per heavy atom. The summed E-state index contributed by atoms with van der Waals surface area (Å²) in [4.78, 5) is 14.6. The highest BCUT2D eigenvalue weighted by Gasteiger charge is 2.48. The van der Waals surface area contributed by atoms with E-state index in [9.17, 15) is 9.90 Å². The topological polar surface area (TPSA) is 59.0 Å². The van der Waals surface area contributed by atoms with E-state index in [0.717, 1.165) is 36.5 Å². The van der Waals surface area contributed by atoms with Crippen LogP contribution in [0.2, 0.25) is 0 Å². The molecule has 1 aliphatic heterocycles. The molecule has 1 aromatic carbocycles.